The van der Waals surface area contributed by atoms with Gasteiger partial charge in [-0.05, 0) is 98.6 Å². The van der Waals surface area contributed by atoms with Crippen LogP contribution in [0, 0.1) is 0 Å². The zero-order chi connectivity index (χ0) is 26.0. The van der Waals surface area contributed by atoms with Crippen LogP contribution in [0.5, 0.6) is 0 Å². The standard InChI is InChI=1S/C27H36N4O4S2/c28-26(33)16-21-14-20(25-5-4-22(18-32)36-25)15-23-24(17-29-27(21)23)19-6-11-31(12-7-19)37(34,35)13-3-10-30-8-1-2-9-30/h4-5,14-15,17,19,29,32H,1-3,6-13,16,18H2,(H2,28,33). The molecule has 0 bridgehead atoms. The summed E-state index contributed by atoms with van der Waals surface area (Å²) in [5.74, 6) is 0.0652. The predicted octanol–water partition coefficient (Wildman–Crippen LogP) is 3.41. The van der Waals surface area contributed by atoms with Crippen molar-refractivity contribution < 1.29 is 18.3 Å². The number of amides is 1. The first-order chi connectivity index (χ1) is 17.8. The van der Waals surface area contributed by atoms with Crippen molar-refractivity contribution in [2.24, 2.45) is 5.73 Å². The van der Waals surface area contributed by atoms with Gasteiger partial charge in [0.25, 0.3) is 0 Å². The number of primary amides is 1. The van der Waals surface area contributed by atoms with Crippen LogP contribution in [0.15, 0.2) is 30.5 Å². The van der Waals surface area contributed by atoms with Crippen LogP contribution in [0.4, 0.5) is 0 Å². The number of aliphatic hydroxyl groups excluding tert-OH is 1. The number of carbonyl (C=O) groups excluding carboxylic acids is 1. The summed E-state index contributed by atoms with van der Waals surface area (Å²) in [6.07, 6.45) is 6.81. The number of aliphatic hydroxyl groups is 1. The fourth-order valence-corrected chi connectivity index (χ4v) is 8.18. The van der Waals surface area contributed by atoms with Crippen molar-refractivity contribution in [1.82, 2.24) is 14.2 Å². The highest BCUT2D eigenvalue weighted by molar-refractivity contribution is 7.89. The van der Waals surface area contributed by atoms with Gasteiger partial charge in [0.2, 0.25) is 15.9 Å². The molecule has 0 aliphatic carbocycles. The number of hydrogen-bond acceptors (Lipinski definition) is 6. The van der Waals surface area contributed by atoms with Crippen molar-refractivity contribution >= 4 is 38.2 Å². The third-order valence-electron chi connectivity index (χ3n) is 7.73. The molecule has 5 rings (SSSR count). The van der Waals surface area contributed by atoms with Gasteiger partial charge in [0.05, 0.1) is 18.8 Å². The number of nitrogens with two attached hydrogens (primary N) is 1. The van der Waals surface area contributed by atoms with E-state index in [4.69, 9.17) is 5.73 Å². The van der Waals surface area contributed by atoms with E-state index < -0.39 is 10.0 Å². The molecule has 3 aromatic rings. The highest BCUT2D eigenvalue weighted by Crippen LogP contribution is 2.38. The maximum Gasteiger partial charge on any atom is 0.221 e. The first-order valence-corrected chi connectivity index (χ1v) is 15.6. The average molecular weight is 545 g/mol. The van der Waals surface area contributed by atoms with Crippen molar-refractivity contribution in [1.29, 1.82) is 0 Å². The summed E-state index contributed by atoms with van der Waals surface area (Å²) in [6.45, 7) is 4.10. The lowest BCUT2D eigenvalue weighted by molar-refractivity contribution is -0.117. The molecule has 1 aromatic carbocycles. The van der Waals surface area contributed by atoms with Crippen LogP contribution in [-0.4, -0.2) is 72.1 Å². The molecule has 8 nitrogen and oxygen atoms in total. The molecular formula is C27H36N4O4S2. The quantitative estimate of drug-likeness (QED) is 0.361. The number of nitrogens with one attached hydrogen (secondary N) is 1. The van der Waals surface area contributed by atoms with Gasteiger partial charge < -0.3 is 20.7 Å². The van der Waals surface area contributed by atoms with Crippen LogP contribution >= 0.6 is 11.3 Å². The van der Waals surface area contributed by atoms with Crippen LogP contribution in [-0.2, 0) is 27.8 Å². The minimum atomic E-state index is -3.24. The highest BCUT2D eigenvalue weighted by atomic mass is 32.2. The molecule has 37 heavy (non-hydrogen) atoms. The van der Waals surface area contributed by atoms with E-state index in [0.717, 1.165) is 69.8 Å². The maximum atomic E-state index is 13.0. The molecule has 2 aliphatic rings. The largest absolute Gasteiger partial charge is 0.391 e. The number of sulfonamides is 1. The number of aromatic amines is 1. The molecule has 0 atom stereocenters. The Labute approximate surface area is 222 Å². The number of aromatic nitrogens is 1. The van der Waals surface area contributed by atoms with Crippen LogP contribution < -0.4 is 5.73 Å². The van der Waals surface area contributed by atoms with Gasteiger partial charge in [-0.15, -0.1) is 11.3 Å². The van der Waals surface area contributed by atoms with Gasteiger partial charge in [-0.25, -0.2) is 12.7 Å². The summed E-state index contributed by atoms with van der Waals surface area (Å²) >= 11 is 1.53. The Kier molecular flexibility index (Phi) is 8.02. The normalized spacial score (nSPS) is 18.2. The molecule has 0 radical (unpaired) electrons. The first-order valence-electron chi connectivity index (χ1n) is 13.2. The molecule has 0 saturated carbocycles. The van der Waals surface area contributed by atoms with Crippen molar-refractivity contribution in [2.45, 2.75) is 51.0 Å². The zero-order valence-electron chi connectivity index (χ0n) is 21.1. The molecule has 0 spiro atoms. The molecule has 10 heteroatoms. The van der Waals surface area contributed by atoms with Crippen molar-refractivity contribution in [3.05, 3.63) is 46.5 Å². The Balaban J connectivity index is 1.32. The minimum absolute atomic E-state index is 0.00377. The summed E-state index contributed by atoms with van der Waals surface area (Å²) < 4.78 is 27.6. The first kappa shape index (κ1) is 26.4. The van der Waals surface area contributed by atoms with Gasteiger partial charge in [0, 0.05) is 39.9 Å². The van der Waals surface area contributed by atoms with Gasteiger partial charge in [0.15, 0.2) is 0 Å². The molecule has 200 valence electrons. The van der Waals surface area contributed by atoms with Gasteiger partial charge in [-0.1, -0.05) is 0 Å². The lowest BCUT2D eigenvalue weighted by Crippen LogP contribution is -2.39. The molecule has 0 unspecified atom stereocenters. The number of benzene rings is 1. The smallest absolute Gasteiger partial charge is 0.221 e. The molecule has 2 fully saturated rings. The van der Waals surface area contributed by atoms with Crippen molar-refractivity contribution in [3.63, 3.8) is 0 Å². The molecule has 4 N–H and O–H groups in total. The Bertz CT molecular complexity index is 1350. The third-order valence-corrected chi connectivity index (χ3v) is 10.8. The minimum Gasteiger partial charge on any atom is -0.391 e. The Morgan fingerprint density at radius 3 is 2.57 bits per heavy atom. The topological polar surface area (TPSA) is 120 Å². The zero-order valence-corrected chi connectivity index (χ0v) is 22.7. The Morgan fingerprint density at radius 1 is 1.14 bits per heavy atom. The number of rotatable bonds is 10. The summed E-state index contributed by atoms with van der Waals surface area (Å²) in [5, 5.41) is 10.6. The molecular weight excluding hydrogens is 508 g/mol. The lowest BCUT2D eigenvalue weighted by Gasteiger charge is -2.31. The van der Waals surface area contributed by atoms with Gasteiger partial charge in [-0.3, -0.25) is 4.79 Å². The SMILES string of the molecule is NC(=O)Cc1cc(-c2ccc(CO)s2)cc2c(C3CCN(S(=O)(=O)CCCN4CCCC4)CC3)c[nH]c12. The number of likely N-dealkylation sites (tertiary alicyclic amines) is 1. The van der Waals surface area contributed by atoms with Crippen molar-refractivity contribution in [2.75, 3.05) is 38.5 Å². The van der Waals surface area contributed by atoms with Gasteiger partial charge in [-0.2, -0.15) is 0 Å². The van der Waals surface area contributed by atoms with E-state index in [1.807, 2.05) is 24.4 Å². The van der Waals surface area contributed by atoms with Crippen LogP contribution in [0.3, 0.4) is 0 Å². The van der Waals surface area contributed by atoms with E-state index in [9.17, 15) is 18.3 Å². The number of fused-ring (bicyclic) bond motifs is 1. The van der Waals surface area contributed by atoms with E-state index in [-0.39, 0.29) is 30.6 Å². The van der Waals surface area contributed by atoms with Crippen LogP contribution in [0.1, 0.15) is 54.0 Å². The number of H-pyrrole nitrogens is 1. The third kappa shape index (κ3) is 5.93. The summed E-state index contributed by atoms with van der Waals surface area (Å²) in [6, 6.07) is 8.04. The average Bonchev–Trinajstić information content (AvgIpc) is 3.64. The number of hydrogen-bond donors (Lipinski definition) is 3. The maximum absolute atomic E-state index is 13.0. The number of piperidine rings is 1. The number of thiophene rings is 1. The van der Waals surface area contributed by atoms with Crippen LogP contribution in [0.2, 0.25) is 0 Å². The number of nitrogens with zero attached hydrogens (tertiary/aromatic N) is 2. The summed E-state index contributed by atoms with van der Waals surface area (Å²) in [7, 11) is -3.24. The van der Waals surface area contributed by atoms with Gasteiger partial charge >= 0.3 is 0 Å². The molecule has 4 heterocycles. The molecule has 1 amide bonds. The lowest BCUT2D eigenvalue weighted by atomic mass is 9.89. The fourth-order valence-electron chi connectivity index (χ4n) is 5.80. The second kappa shape index (κ2) is 11.2. The Hall–Kier alpha value is -2.24. The summed E-state index contributed by atoms with van der Waals surface area (Å²) in [5.41, 5.74) is 9.47. The highest BCUT2D eigenvalue weighted by Gasteiger charge is 2.30. The Morgan fingerprint density at radius 2 is 1.89 bits per heavy atom. The van der Waals surface area contributed by atoms with E-state index in [1.165, 1.54) is 24.2 Å². The van der Waals surface area contributed by atoms with E-state index in [0.29, 0.717) is 19.5 Å². The second-order valence-electron chi connectivity index (χ2n) is 10.3. The molecule has 2 aromatic heterocycles. The van der Waals surface area contributed by atoms with Crippen molar-refractivity contribution in [3.8, 4) is 10.4 Å². The van der Waals surface area contributed by atoms with Crippen LogP contribution in [0.25, 0.3) is 21.3 Å². The van der Waals surface area contributed by atoms with E-state index >= 15 is 0 Å². The summed E-state index contributed by atoms with van der Waals surface area (Å²) in [4.78, 5) is 19.5. The molecule has 2 saturated heterocycles. The monoisotopic (exact) mass is 544 g/mol. The molecule has 2 aliphatic heterocycles. The van der Waals surface area contributed by atoms with E-state index in [1.54, 1.807) is 4.31 Å². The van der Waals surface area contributed by atoms with E-state index in [2.05, 4.69) is 16.0 Å². The number of carbonyl (C=O) groups is 1. The predicted molar refractivity (Wildman–Crippen MR) is 148 cm³/mol. The van der Waals surface area contributed by atoms with Gasteiger partial charge in [0.1, 0.15) is 0 Å². The second-order valence-corrected chi connectivity index (χ2v) is 13.5. The fraction of sp³-hybridized carbons (Fsp3) is 0.519.